The Balaban J connectivity index is 0.00000112. The Morgan fingerprint density at radius 2 is 1.64 bits per heavy atom. The topological polar surface area (TPSA) is 37.4 Å². The molecule has 0 bridgehead atoms. The van der Waals surface area contributed by atoms with Gasteiger partial charge in [0.2, 0.25) is 0 Å². The van der Waals surface area contributed by atoms with E-state index in [1.807, 2.05) is 0 Å². The molecular formula is C11H11NO2+. The molecule has 1 radical (unpaired) electrons. The van der Waals surface area contributed by atoms with E-state index in [0.717, 1.165) is 0 Å². The van der Waals surface area contributed by atoms with Gasteiger partial charge in [0.25, 0.3) is 11.8 Å². The van der Waals surface area contributed by atoms with Crippen LogP contribution in [0.4, 0.5) is 0 Å². The number of imide groups is 1. The van der Waals surface area contributed by atoms with E-state index in [4.69, 9.17) is 0 Å². The molecule has 71 valence electrons. The maximum Gasteiger partial charge on any atom is 1.00 e. The smallest absolute Gasteiger partial charge is 0.274 e. The first-order chi connectivity index (χ1) is 6.75. The van der Waals surface area contributed by atoms with Crippen molar-refractivity contribution in [3.05, 3.63) is 42.3 Å². The zero-order valence-electron chi connectivity index (χ0n) is 8.69. The number of carbonyl (C=O) groups is 2. The van der Waals surface area contributed by atoms with Gasteiger partial charge in [-0.25, -0.2) is 0 Å². The van der Waals surface area contributed by atoms with Crippen molar-refractivity contribution in [2.45, 2.75) is 6.42 Å². The normalized spacial score (nSPS) is 14.8. The van der Waals surface area contributed by atoms with Crippen LogP contribution >= 0.6 is 0 Å². The van der Waals surface area contributed by atoms with E-state index < -0.39 is 0 Å². The number of hydrogen-bond donors (Lipinski definition) is 0. The van der Waals surface area contributed by atoms with E-state index in [0.29, 0.717) is 24.1 Å². The standard InChI is InChI=1S/C11H10NO2/c1-2-7-12-10(13)8-5-3-4-6-9(8)11(12)14/h3-6H,1-2,7H2/p+1. The quantitative estimate of drug-likeness (QED) is 0.663. The van der Waals surface area contributed by atoms with Crippen molar-refractivity contribution in [3.63, 3.8) is 0 Å². The van der Waals surface area contributed by atoms with Crippen LogP contribution in [-0.2, 0) is 0 Å². The van der Waals surface area contributed by atoms with E-state index in [1.165, 1.54) is 4.90 Å². The van der Waals surface area contributed by atoms with Crippen molar-refractivity contribution >= 4 is 11.8 Å². The molecule has 0 aromatic heterocycles. The maximum atomic E-state index is 11.7. The minimum atomic E-state index is -0.200. The summed E-state index contributed by atoms with van der Waals surface area (Å²) in [6.07, 6.45) is 0.547. The molecule has 0 saturated heterocycles. The third-order valence-electron chi connectivity index (χ3n) is 2.26. The first kappa shape index (κ1) is 8.94. The highest BCUT2D eigenvalue weighted by Crippen LogP contribution is 2.22. The highest BCUT2D eigenvalue weighted by atomic mass is 16.2. The molecule has 1 aromatic carbocycles. The summed E-state index contributed by atoms with van der Waals surface area (Å²) in [4.78, 5) is 24.6. The van der Waals surface area contributed by atoms with Gasteiger partial charge in [0.05, 0.1) is 11.1 Å². The van der Waals surface area contributed by atoms with Crippen LogP contribution in [-0.4, -0.2) is 23.3 Å². The van der Waals surface area contributed by atoms with E-state index in [1.54, 1.807) is 24.3 Å². The summed E-state index contributed by atoms with van der Waals surface area (Å²) in [5.74, 6) is -0.400. The Kier molecular flexibility index (Phi) is 2.08. The lowest BCUT2D eigenvalue weighted by Crippen LogP contribution is -2.30. The van der Waals surface area contributed by atoms with Crippen molar-refractivity contribution in [2.75, 3.05) is 6.54 Å². The molecule has 14 heavy (non-hydrogen) atoms. The Morgan fingerprint density at radius 1 is 1.14 bits per heavy atom. The van der Waals surface area contributed by atoms with Gasteiger partial charge in [-0.3, -0.25) is 14.5 Å². The molecule has 2 rings (SSSR count). The van der Waals surface area contributed by atoms with Crippen LogP contribution < -0.4 is 0 Å². The number of benzene rings is 1. The van der Waals surface area contributed by atoms with Crippen LogP contribution in [0.3, 0.4) is 0 Å². The van der Waals surface area contributed by atoms with Crippen LogP contribution in [0.15, 0.2) is 24.3 Å². The van der Waals surface area contributed by atoms with E-state index >= 15 is 0 Å². The van der Waals surface area contributed by atoms with E-state index in [9.17, 15) is 9.59 Å². The fourth-order valence-electron chi connectivity index (χ4n) is 1.60. The highest BCUT2D eigenvalue weighted by molar-refractivity contribution is 6.21. The second-order valence-electron chi connectivity index (χ2n) is 3.16. The van der Waals surface area contributed by atoms with Gasteiger partial charge >= 0.3 is 1.43 Å². The lowest BCUT2D eigenvalue weighted by Gasteiger charge is -2.11. The maximum absolute atomic E-state index is 11.7. The summed E-state index contributed by atoms with van der Waals surface area (Å²) in [7, 11) is 0. The Morgan fingerprint density at radius 3 is 2.07 bits per heavy atom. The first-order valence-electron chi connectivity index (χ1n) is 4.50. The Labute approximate surface area is 83.8 Å². The zero-order valence-corrected chi connectivity index (χ0v) is 7.69. The second-order valence-corrected chi connectivity index (χ2v) is 3.16. The third kappa shape index (κ3) is 1.13. The van der Waals surface area contributed by atoms with Crippen molar-refractivity contribution in [3.8, 4) is 0 Å². The number of fused-ring (bicyclic) bond motifs is 1. The molecular weight excluding hydrogens is 178 g/mol. The van der Waals surface area contributed by atoms with Gasteiger partial charge in [0.1, 0.15) is 0 Å². The van der Waals surface area contributed by atoms with Gasteiger partial charge in [0, 0.05) is 6.54 Å². The monoisotopic (exact) mass is 189 g/mol. The molecule has 1 aliphatic rings. The fourth-order valence-corrected chi connectivity index (χ4v) is 1.60. The lowest BCUT2D eigenvalue weighted by atomic mass is 10.1. The fraction of sp³-hybridized carbons (Fsp3) is 0.182. The number of hydrogen-bond acceptors (Lipinski definition) is 2. The van der Waals surface area contributed by atoms with Crippen molar-refractivity contribution in [1.82, 2.24) is 4.90 Å². The van der Waals surface area contributed by atoms with Crippen molar-refractivity contribution in [1.29, 1.82) is 0 Å². The molecule has 0 spiro atoms. The summed E-state index contributed by atoms with van der Waals surface area (Å²) in [5, 5.41) is 0. The van der Waals surface area contributed by atoms with Crippen LogP contribution in [0.1, 0.15) is 28.6 Å². The van der Waals surface area contributed by atoms with Gasteiger partial charge in [-0.15, -0.1) is 0 Å². The molecule has 1 heterocycles. The molecule has 0 fully saturated rings. The minimum absolute atomic E-state index is 0. The van der Waals surface area contributed by atoms with Crippen molar-refractivity contribution < 1.29 is 11.0 Å². The molecule has 1 aliphatic heterocycles. The van der Waals surface area contributed by atoms with Crippen LogP contribution in [0, 0.1) is 6.92 Å². The molecule has 0 saturated carbocycles. The van der Waals surface area contributed by atoms with Crippen LogP contribution in [0.25, 0.3) is 0 Å². The summed E-state index contributed by atoms with van der Waals surface area (Å²) >= 11 is 0. The molecule has 0 unspecified atom stereocenters. The van der Waals surface area contributed by atoms with Gasteiger partial charge < -0.3 is 0 Å². The largest absolute Gasteiger partial charge is 1.00 e. The molecule has 1 aromatic rings. The predicted octanol–water partition coefficient (Wildman–Crippen LogP) is 1.62. The van der Waals surface area contributed by atoms with Crippen molar-refractivity contribution in [2.24, 2.45) is 0 Å². The first-order valence-corrected chi connectivity index (χ1v) is 4.50. The second kappa shape index (κ2) is 3.25. The summed E-state index contributed by atoms with van der Waals surface area (Å²) in [6.45, 7) is 4.03. The summed E-state index contributed by atoms with van der Waals surface area (Å²) < 4.78 is 0. The number of amides is 2. The molecule has 0 N–H and O–H groups in total. The van der Waals surface area contributed by atoms with Crippen LogP contribution in [0.5, 0.6) is 0 Å². The third-order valence-corrected chi connectivity index (χ3v) is 2.26. The summed E-state index contributed by atoms with van der Waals surface area (Å²) in [5.41, 5.74) is 1.01. The number of nitrogens with zero attached hydrogens (tertiary/aromatic N) is 1. The summed E-state index contributed by atoms with van der Waals surface area (Å²) in [6, 6.07) is 6.88. The minimum Gasteiger partial charge on any atom is -0.274 e. The molecule has 3 heteroatoms. The van der Waals surface area contributed by atoms with Gasteiger partial charge in [-0.05, 0) is 18.6 Å². The van der Waals surface area contributed by atoms with E-state index in [-0.39, 0.29) is 13.2 Å². The number of rotatable bonds is 2. The van der Waals surface area contributed by atoms with Gasteiger partial charge in [0.15, 0.2) is 0 Å². The van der Waals surface area contributed by atoms with Gasteiger partial charge in [-0.1, -0.05) is 19.1 Å². The average molecular weight is 189 g/mol. The lowest BCUT2D eigenvalue weighted by molar-refractivity contribution is 0.0657. The SMILES string of the molecule is [CH2]CCN1C(=O)c2ccccc2C1=O.[H+]. The zero-order chi connectivity index (χ0) is 10.1. The average Bonchev–Trinajstić information content (AvgIpc) is 2.45. The predicted molar refractivity (Wildman–Crippen MR) is 52.9 cm³/mol. The molecule has 0 aliphatic carbocycles. The molecule has 3 nitrogen and oxygen atoms in total. The van der Waals surface area contributed by atoms with Gasteiger partial charge in [-0.2, -0.15) is 0 Å². The highest BCUT2D eigenvalue weighted by Gasteiger charge is 2.33. The molecule has 0 atom stereocenters. The molecule has 2 amide bonds. The Bertz CT molecular complexity index is 368. The Hall–Kier alpha value is -1.64. The number of carbonyl (C=O) groups excluding carboxylic acids is 2. The van der Waals surface area contributed by atoms with Crippen LogP contribution in [0.2, 0.25) is 0 Å². The van der Waals surface area contributed by atoms with E-state index in [2.05, 4.69) is 6.92 Å².